The molecule has 0 heterocycles. The number of esters is 3. The summed E-state index contributed by atoms with van der Waals surface area (Å²) in [6.07, 6.45) is 97.7. The molecule has 0 aliphatic carbocycles. The second-order valence-electron chi connectivity index (χ2n) is 27.2. The molecule has 5 unspecified atom stereocenters. The third-order valence-electron chi connectivity index (χ3n) is 17.0. The van der Waals surface area contributed by atoms with E-state index >= 15 is 0 Å². The lowest BCUT2D eigenvalue weighted by atomic mass is 10.0. The molecule has 602 valence electrons. The SMILES string of the molecule is CC/C=C\C/C=C\C/C=C\C/C=C\C/C=C\C/C=C\CCCCC(=O)OCC(COP(=O)(O)OCC(O)COP(=O)(O)OCC(O)COC(=O)CCCCCCCCCCCCCCCCCCC/C=C\C/C=C\C/C=C\C/C=C\CCCCC)OC(=O)CCCCCCC/C=C\C/C=C\CCCCC. The molecule has 0 saturated heterocycles. The highest BCUT2D eigenvalue weighted by molar-refractivity contribution is 7.47. The maximum absolute atomic E-state index is 13.0. The fraction of sp³-hybridized carbons (Fsp3) is 0.690. The summed E-state index contributed by atoms with van der Waals surface area (Å²) in [6.45, 7) is 2.45. The van der Waals surface area contributed by atoms with Gasteiger partial charge < -0.3 is 34.2 Å². The molecule has 0 aliphatic rings. The van der Waals surface area contributed by atoms with Crippen LogP contribution in [0.15, 0.2) is 146 Å². The molecule has 0 fully saturated rings. The van der Waals surface area contributed by atoms with Crippen LogP contribution in [-0.4, -0.2) is 95.9 Å². The Labute approximate surface area is 638 Å². The summed E-state index contributed by atoms with van der Waals surface area (Å²) in [5, 5.41) is 20.7. The first-order valence-corrected chi connectivity index (χ1v) is 44.1. The number of aliphatic hydroxyl groups is 2. The molecule has 0 radical (unpaired) electrons. The minimum Gasteiger partial charge on any atom is -0.463 e. The van der Waals surface area contributed by atoms with Gasteiger partial charge in [0.2, 0.25) is 0 Å². The molecule has 0 spiro atoms. The Bertz CT molecular complexity index is 2490. The summed E-state index contributed by atoms with van der Waals surface area (Å²) in [7, 11) is -9.81. The predicted molar refractivity (Wildman–Crippen MR) is 436 cm³/mol. The Morgan fingerprint density at radius 1 is 0.276 bits per heavy atom. The van der Waals surface area contributed by atoms with Gasteiger partial charge in [0.1, 0.15) is 25.4 Å². The topological polar surface area (TPSA) is 231 Å². The van der Waals surface area contributed by atoms with Gasteiger partial charge in [0.15, 0.2) is 6.10 Å². The monoisotopic (exact) mass is 1510 g/mol. The van der Waals surface area contributed by atoms with Crippen LogP contribution in [0, 0.1) is 0 Å². The zero-order chi connectivity index (χ0) is 76.6. The number of hydrogen-bond acceptors (Lipinski definition) is 14. The van der Waals surface area contributed by atoms with Gasteiger partial charge in [-0.1, -0.05) is 308 Å². The molecule has 5 atom stereocenters. The molecule has 0 rings (SSSR count). The van der Waals surface area contributed by atoms with E-state index in [9.17, 15) is 43.5 Å². The van der Waals surface area contributed by atoms with E-state index in [1.165, 1.54) is 135 Å². The molecule has 105 heavy (non-hydrogen) atoms. The fourth-order valence-corrected chi connectivity index (χ4v) is 12.4. The van der Waals surface area contributed by atoms with Crippen LogP contribution in [0.5, 0.6) is 0 Å². The molecular weight excluding hydrogens is 1360 g/mol. The van der Waals surface area contributed by atoms with Crippen molar-refractivity contribution >= 4 is 33.6 Å². The van der Waals surface area contributed by atoms with Crippen molar-refractivity contribution in [1.82, 2.24) is 0 Å². The van der Waals surface area contributed by atoms with Crippen molar-refractivity contribution in [3.8, 4) is 0 Å². The first-order chi connectivity index (χ1) is 51.2. The molecule has 0 aromatic rings. The van der Waals surface area contributed by atoms with Crippen molar-refractivity contribution in [1.29, 1.82) is 0 Å². The highest BCUT2D eigenvalue weighted by Crippen LogP contribution is 2.45. The highest BCUT2D eigenvalue weighted by Gasteiger charge is 2.29. The van der Waals surface area contributed by atoms with E-state index in [1.807, 2.05) is 0 Å². The van der Waals surface area contributed by atoms with Gasteiger partial charge >= 0.3 is 33.6 Å². The van der Waals surface area contributed by atoms with Crippen molar-refractivity contribution < 1.29 is 75.8 Å². The number of rotatable bonds is 77. The zero-order valence-electron chi connectivity index (χ0n) is 65.9. The minimum atomic E-state index is -4.95. The van der Waals surface area contributed by atoms with Gasteiger partial charge in [-0.2, -0.15) is 0 Å². The van der Waals surface area contributed by atoms with E-state index in [0.717, 1.165) is 135 Å². The third kappa shape index (κ3) is 80.3. The number of ether oxygens (including phenoxy) is 3. The summed E-state index contributed by atoms with van der Waals surface area (Å²) in [5.41, 5.74) is 0. The second-order valence-corrected chi connectivity index (χ2v) is 30.1. The first-order valence-electron chi connectivity index (χ1n) is 41.1. The fourth-order valence-electron chi connectivity index (χ4n) is 10.8. The molecule has 0 amide bonds. The zero-order valence-corrected chi connectivity index (χ0v) is 67.6. The standard InChI is InChI=1S/C87H148O16P2/c1-4-7-10-13-16-19-22-25-28-30-32-34-35-36-37-38-39-40-41-42-43-44-45-47-49-50-53-55-58-61-64-67-70-73-85(90)97-76-82(88)77-99-104(93,94)100-78-83(89)79-101-105(95,96)102-81-84(103-87(92)75-72-69-66-63-60-57-52-27-24-21-18-15-12-9-6-3)80-98-86(91)74-71-68-65-62-59-56-54-51-48-46-33-31-29-26-23-20-17-14-11-8-5-2/h8,11,16-21,25-29,32-34,36-37,46,51-52,54,59,62,82-84,88-89H,4-7,9-10,12-15,22-24,30-31,35,38-45,47-50,53,55-58,60-61,63-81H2,1-3H3,(H,93,94)(H,95,96)/b11-8-,19-16-,20-17-,21-18-,28-25-,29-26-,34-32-,37-36-,46-33-,52-27-,54-51-,62-59-. The van der Waals surface area contributed by atoms with E-state index in [0.29, 0.717) is 19.3 Å². The van der Waals surface area contributed by atoms with Gasteiger partial charge in [-0.15, -0.1) is 0 Å². The van der Waals surface area contributed by atoms with Crippen LogP contribution < -0.4 is 0 Å². The molecule has 0 aliphatic heterocycles. The quantitative estimate of drug-likeness (QED) is 0.0146. The average Bonchev–Trinajstić information content (AvgIpc) is 0.912. The van der Waals surface area contributed by atoms with E-state index in [-0.39, 0.29) is 19.3 Å². The number of carbonyl (C=O) groups is 3. The smallest absolute Gasteiger partial charge is 0.463 e. The van der Waals surface area contributed by atoms with Crippen LogP contribution in [0.3, 0.4) is 0 Å². The van der Waals surface area contributed by atoms with Gasteiger partial charge in [0, 0.05) is 19.3 Å². The van der Waals surface area contributed by atoms with Crippen molar-refractivity contribution in [2.24, 2.45) is 0 Å². The number of aliphatic hydroxyl groups excluding tert-OH is 2. The number of unbranched alkanes of at least 4 members (excludes halogenated alkanes) is 30. The van der Waals surface area contributed by atoms with E-state index in [4.69, 9.17) is 32.3 Å². The largest absolute Gasteiger partial charge is 0.472 e. The lowest BCUT2D eigenvalue weighted by Gasteiger charge is -2.21. The first kappa shape index (κ1) is 100. The second kappa shape index (κ2) is 79.0. The van der Waals surface area contributed by atoms with Crippen LogP contribution in [-0.2, 0) is 55.8 Å². The molecule has 16 nitrogen and oxygen atoms in total. The molecule has 18 heteroatoms. The number of hydrogen-bond donors (Lipinski definition) is 4. The number of phosphoric ester groups is 2. The lowest BCUT2D eigenvalue weighted by molar-refractivity contribution is -0.161. The maximum atomic E-state index is 13.0. The van der Waals surface area contributed by atoms with Gasteiger partial charge in [0.05, 0.1) is 26.4 Å². The van der Waals surface area contributed by atoms with Gasteiger partial charge in [-0.05, 0) is 148 Å². The number of phosphoric acid groups is 2. The van der Waals surface area contributed by atoms with Crippen molar-refractivity contribution in [2.45, 2.75) is 347 Å². The van der Waals surface area contributed by atoms with E-state index in [2.05, 4.69) is 167 Å². The van der Waals surface area contributed by atoms with Crippen LogP contribution in [0.1, 0.15) is 329 Å². The Balaban J connectivity index is 4.49. The van der Waals surface area contributed by atoms with Gasteiger partial charge in [-0.3, -0.25) is 32.5 Å². The average molecular weight is 1510 g/mol. The van der Waals surface area contributed by atoms with Crippen molar-refractivity contribution in [2.75, 3.05) is 39.6 Å². The summed E-state index contributed by atoms with van der Waals surface area (Å²) in [5.74, 6) is -1.64. The molecule has 0 aromatic heterocycles. The van der Waals surface area contributed by atoms with Crippen LogP contribution in [0.25, 0.3) is 0 Å². The summed E-state index contributed by atoms with van der Waals surface area (Å²) in [4.78, 5) is 58.6. The highest BCUT2D eigenvalue weighted by atomic mass is 31.2. The predicted octanol–water partition coefficient (Wildman–Crippen LogP) is 24.4. The number of carbonyl (C=O) groups excluding carboxylic acids is 3. The molecular formula is C87H148O16P2. The Hall–Kier alpha value is -4.57. The van der Waals surface area contributed by atoms with E-state index < -0.39 is 91.5 Å². The molecule has 0 saturated carbocycles. The molecule has 4 N–H and O–H groups in total. The van der Waals surface area contributed by atoms with Crippen molar-refractivity contribution in [3.63, 3.8) is 0 Å². The lowest BCUT2D eigenvalue weighted by Crippen LogP contribution is -2.30. The van der Waals surface area contributed by atoms with Crippen LogP contribution >= 0.6 is 15.6 Å². The summed E-state index contributed by atoms with van der Waals surface area (Å²) in [6, 6.07) is 0. The van der Waals surface area contributed by atoms with E-state index in [1.54, 1.807) is 0 Å². The number of allylic oxidation sites excluding steroid dienone is 24. The normalized spacial score (nSPS) is 14.7. The summed E-state index contributed by atoms with van der Waals surface area (Å²) < 4.78 is 61.1. The van der Waals surface area contributed by atoms with Gasteiger partial charge in [0.25, 0.3) is 0 Å². The minimum absolute atomic E-state index is 0.0750. The van der Waals surface area contributed by atoms with Gasteiger partial charge in [-0.25, -0.2) is 9.13 Å². The Morgan fingerprint density at radius 2 is 0.505 bits per heavy atom. The Kier molecular flexibility index (Phi) is 75.6. The third-order valence-corrected chi connectivity index (χ3v) is 18.9. The molecule has 0 bridgehead atoms. The Morgan fingerprint density at radius 3 is 0.819 bits per heavy atom. The van der Waals surface area contributed by atoms with Crippen LogP contribution in [0.4, 0.5) is 0 Å². The van der Waals surface area contributed by atoms with Crippen LogP contribution in [0.2, 0.25) is 0 Å². The van der Waals surface area contributed by atoms with Crippen molar-refractivity contribution in [3.05, 3.63) is 146 Å². The molecule has 0 aromatic carbocycles. The summed E-state index contributed by atoms with van der Waals surface area (Å²) >= 11 is 0. The maximum Gasteiger partial charge on any atom is 0.472 e.